The first kappa shape index (κ1) is 10.7. The van der Waals surface area contributed by atoms with E-state index in [9.17, 15) is 0 Å². The Hall–Kier alpha value is -0.830. The summed E-state index contributed by atoms with van der Waals surface area (Å²) >= 11 is 6.58. The highest BCUT2D eigenvalue weighted by Crippen LogP contribution is 2.22. The van der Waals surface area contributed by atoms with Crippen molar-refractivity contribution >= 4 is 40.5 Å². The molecule has 0 atom stereocenters. The maximum absolute atomic E-state index is 4.56. The number of isothiocyanates is 1. The first-order valence-corrected chi connectivity index (χ1v) is 6.47. The maximum atomic E-state index is 4.56. The third kappa shape index (κ3) is 2.81. The van der Waals surface area contributed by atoms with Gasteiger partial charge >= 0.3 is 0 Å². The van der Waals surface area contributed by atoms with Crippen molar-refractivity contribution in [2.75, 3.05) is 29.5 Å². The van der Waals surface area contributed by atoms with E-state index in [4.69, 9.17) is 0 Å². The number of thiocarbonyl (C=S) groups is 1. The largest absolute Gasteiger partial charge is 0.370 e. The topological polar surface area (TPSA) is 15.6 Å². The number of rotatable bonds is 2. The van der Waals surface area contributed by atoms with Crippen molar-refractivity contribution in [1.82, 2.24) is 0 Å². The molecule has 1 fully saturated rings. The number of nitrogens with zero attached hydrogens (tertiary/aromatic N) is 2. The highest BCUT2D eigenvalue weighted by molar-refractivity contribution is 7.99. The van der Waals surface area contributed by atoms with Crippen LogP contribution in [0.15, 0.2) is 29.3 Å². The quantitative estimate of drug-likeness (QED) is 0.580. The van der Waals surface area contributed by atoms with Gasteiger partial charge in [-0.25, -0.2) is 0 Å². The fourth-order valence-electron chi connectivity index (χ4n) is 1.61. The number of benzene rings is 1. The minimum absolute atomic E-state index is 0.875. The van der Waals surface area contributed by atoms with E-state index in [1.807, 2.05) is 23.9 Å². The molecule has 0 aromatic heterocycles. The van der Waals surface area contributed by atoms with Crippen molar-refractivity contribution in [3.63, 3.8) is 0 Å². The Balaban J connectivity index is 2.11. The molecule has 15 heavy (non-hydrogen) atoms. The molecule has 0 aliphatic carbocycles. The second-order valence-electron chi connectivity index (χ2n) is 3.32. The summed E-state index contributed by atoms with van der Waals surface area (Å²) in [6, 6.07) is 8.16. The summed E-state index contributed by atoms with van der Waals surface area (Å²) in [5, 5.41) is 2.37. The second-order valence-corrected chi connectivity index (χ2v) is 4.73. The van der Waals surface area contributed by atoms with Crippen LogP contribution in [0.3, 0.4) is 0 Å². The Morgan fingerprint density at radius 2 is 1.87 bits per heavy atom. The van der Waals surface area contributed by atoms with Gasteiger partial charge in [-0.05, 0) is 36.5 Å². The summed E-state index contributed by atoms with van der Waals surface area (Å²) in [4.78, 5) is 6.34. The van der Waals surface area contributed by atoms with Crippen molar-refractivity contribution in [2.45, 2.75) is 0 Å². The monoisotopic (exact) mass is 236 g/mol. The Bertz CT molecular complexity index is 363. The minimum Gasteiger partial charge on any atom is -0.370 e. The molecule has 0 spiro atoms. The van der Waals surface area contributed by atoms with Gasteiger partial charge in [0.15, 0.2) is 0 Å². The third-order valence-electron chi connectivity index (χ3n) is 2.40. The third-order valence-corrected chi connectivity index (χ3v) is 3.43. The molecule has 1 saturated heterocycles. The zero-order valence-electron chi connectivity index (χ0n) is 8.35. The van der Waals surface area contributed by atoms with E-state index in [2.05, 4.69) is 39.4 Å². The van der Waals surface area contributed by atoms with E-state index in [1.165, 1.54) is 17.2 Å². The lowest BCUT2D eigenvalue weighted by atomic mass is 10.2. The van der Waals surface area contributed by atoms with Crippen molar-refractivity contribution in [3.8, 4) is 0 Å². The van der Waals surface area contributed by atoms with Crippen LogP contribution in [-0.2, 0) is 0 Å². The molecule has 1 aromatic rings. The predicted molar refractivity (Wildman–Crippen MR) is 70.7 cm³/mol. The summed E-state index contributed by atoms with van der Waals surface area (Å²) < 4.78 is 0. The molecule has 2 nitrogen and oxygen atoms in total. The van der Waals surface area contributed by atoms with Gasteiger partial charge in [-0.2, -0.15) is 16.8 Å². The Labute approximate surface area is 99.4 Å². The molecule has 2 rings (SSSR count). The Morgan fingerprint density at radius 3 is 2.47 bits per heavy atom. The smallest absolute Gasteiger partial charge is 0.0741 e. The van der Waals surface area contributed by atoms with Gasteiger partial charge in [0.1, 0.15) is 0 Å². The Kier molecular flexibility index (Phi) is 3.78. The molecule has 1 aliphatic rings. The fourth-order valence-corrected chi connectivity index (χ4v) is 2.62. The van der Waals surface area contributed by atoms with Crippen LogP contribution in [0.2, 0.25) is 0 Å². The normalized spacial score (nSPS) is 15.9. The number of anilines is 1. The maximum Gasteiger partial charge on any atom is 0.0741 e. The Morgan fingerprint density at radius 1 is 1.20 bits per heavy atom. The average molecular weight is 236 g/mol. The number of thioether (sulfide) groups is 1. The van der Waals surface area contributed by atoms with Crippen molar-refractivity contribution in [3.05, 3.63) is 24.3 Å². The lowest BCUT2D eigenvalue weighted by molar-refractivity contribution is 0.859. The molecule has 1 aromatic carbocycles. The van der Waals surface area contributed by atoms with Crippen LogP contribution in [0.25, 0.3) is 0 Å². The first-order chi connectivity index (χ1) is 7.40. The molecule has 0 unspecified atom stereocenters. The van der Waals surface area contributed by atoms with Crippen LogP contribution in [0.1, 0.15) is 0 Å². The highest BCUT2D eigenvalue weighted by atomic mass is 32.2. The van der Waals surface area contributed by atoms with E-state index in [0.29, 0.717) is 0 Å². The van der Waals surface area contributed by atoms with Crippen LogP contribution in [0, 0.1) is 0 Å². The van der Waals surface area contributed by atoms with Crippen molar-refractivity contribution in [2.24, 2.45) is 4.99 Å². The summed E-state index contributed by atoms with van der Waals surface area (Å²) in [5.74, 6) is 2.44. The minimum atomic E-state index is 0.875. The van der Waals surface area contributed by atoms with E-state index in [-0.39, 0.29) is 0 Å². The lowest BCUT2D eigenvalue weighted by Gasteiger charge is -2.28. The summed E-state index contributed by atoms with van der Waals surface area (Å²) in [5.41, 5.74) is 2.15. The van der Waals surface area contributed by atoms with Gasteiger partial charge in [0.2, 0.25) is 0 Å². The molecular formula is C11H12N2S2. The average Bonchev–Trinajstić information content (AvgIpc) is 2.32. The first-order valence-electron chi connectivity index (χ1n) is 4.91. The zero-order chi connectivity index (χ0) is 10.5. The van der Waals surface area contributed by atoms with Gasteiger partial charge in [0.05, 0.1) is 10.8 Å². The van der Waals surface area contributed by atoms with E-state index >= 15 is 0 Å². The predicted octanol–water partition coefficient (Wildman–Crippen LogP) is 2.97. The molecule has 1 heterocycles. The lowest BCUT2D eigenvalue weighted by Crippen LogP contribution is -2.32. The standard InChI is InChI=1S/C11H12N2S2/c14-9-12-10-1-3-11(4-2-10)13-5-7-15-8-6-13/h1-4H,5-8H2. The van der Waals surface area contributed by atoms with Crippen molar-refractivity contribution in [1.29, 1.82) is 0 Å². The van der Waals surface area contributed by atoms with E-state index in [0.717, 1.165) is 18.8 Å². The molecule has 0 saturated carbocycles. The molecule has 4 heteroatoms. The van der Waals surface area contributed by atoms with Crippen LogP contribution in [0.5, 0.6) is 0 Å². The zero-order valence-corrected chi connectivity index (χ0v) is 9.98. The van der Waals surface area contributed by atoms with Gasteiger partial charge in [-0.15, -0.1) is 0 Å². The molecule has 0 radical (unpaired) electrons. The molecular weight excluding hydrogens is 224 g/mol. The number of hydrogen-bond acceptors (Lipinski definition) is 4. The SMILES string of the molecule is S=C=Nc1ccc(N2CCSCC2)cc1. The van der Waals surface area contributed by atoms with E-state index < -0.39 is 0 Å². The molecule has 1 aliphatic heterocycles. The fraction of sp³-hybridized carbons (Fsp3) is 0.364. The highest BCUT2D eigenvalue weighted by Gasteiger charge is 2.10. The van der Waals surface area contributed by atoms with Crippen LogP contribution < -0.4 is 4.90 Å². The van der Waals surface area contributed by atoms with Gasteiger partial charge in [0.25, 0.3) is 0 Å². The molecule has 0 amide bonds. The summed E-state index contributed by atoms with van der Waals surface area (Å²) in [6.45, 7) is 2.28. The van der Waals surface area contributed by atoms with Crippen LogP contribution >= 0.6 is 24.0 Å². The van der Waals surface area contributed by atoms with Gasteiger partial charge < -0.3 is 4.90 Å². The van der Waals surface area contributed by atoms with Crippen LogP contribution in [0.4, 0.5) is 11.4 Å². The number of hydrogen-bond donors (Lipinski definition) is 0. The van der Waals surface area contributed by atoms with Gasteiger partial charge in [0, 0.05) is 30.3 Å². The number of aliphatic imine (C=N–C) groups is 1. The van der Waals surface area contributed by atoms with Gasteiger partial charge in [-0.1, -0.05) is 0 Å². The second kappa shape index (κ2) is 5.31. The van der Waals surface area contributed by atoms with Crippen molar-refractivity contribution < 1.29 is 0 Å². The summed E-state index contributed by atoms with van der Waals surface area (Å²) in [6.07, 6.45) is 0. The van der Waals surface area contributed by atoms with Crippen LogP contribution in [-0.4, -0.2) is 29.8 Å². The van der Waals surface area contributed by atoms with Gasteiger partial charge in [-0.3, -0.25) is 0 Å². The molecule has 0 bridgehead atoms. The summed E-state index contributed by atoms with van der Waals surface area (Å²) in [7, 11) is 0. The van der Waals surface area contributed by atoms with E-state index in [1.54, 1.807) is 0 Å². The molecule has 78 valence electrons. The molecule has 0 N–H and O–H groups in total.